The van der Waals surface area contributed by atoms with Crippen LogP contribution in [0.3, 0.4) is 0 Å². The first-order chi connectivity index (χ1) is 4.42. The average Bonchev–Trinajstić information content (AvgIpc) is 1.59. The normalized spacial score (nSPS) is 12.4. The van der Waals surface area contributed by atoms with Gasteiger partial charge < -0.3 is 0 Å². The van der Waals surface area contributed by atoms with Gasteiger partial charge in [0.05, 0.1) is 0 Å². The molecule has 0 bridgehead atoms. The molecule has 0 aromatic heterocycles. The van der Waals surface area contributed by atoms with Crippen LogP contribution in [0.15, 0.2) is 12.2 Å². The number of allylic oxidation sites excluding steroid dienone is 2. The van der Waals surface area contributed by atoms with Crippen LogP contribution < -0.4 is 0 Å². The van der Waals surface area contributed by atoms with Crippen LogP contribution in [-0.4, -0.2) is 5.78 Å². The van der Waals surface area contributed by atoms with Crippen molar-refractivity contribution in [1.82, 2.24) is 0 Å². The van der Waals surface area contributed by atoms with Crippen molar-refractivity contribution in [2.45, 2.75) is 34.1 Å². The number of carbonyl (C=O) groups excluding carboxylic acids is 1. The zero-order valence-corrected chi connectivity index (χ0v) is 7.27. The monoisotopic (exact) mass is 140 g/mol. The second-order valence-corrected chi connectivity index (χ2v) is 3.78. The third-order valence-electron chi connectivity index (χ3n) is 1.08. The number of hydrogen-bond acceptors (Lipinski definition) is 1. The van der Waals surface area contributed by atoms with Crippen LogP contribution in [-0.2, 0) is 4.79 Å². The molecule has 0 aromatic carbocycles. The van der Waals surface area contributed by atoms with Gasteiger partial charge in [-0.2, -0.15) is 0 Å². The van der Waals surface area contributed by atoms with Crippen LogP contribution >= 0.6 is 0 Å². The fraction of sp³-hybridized carbons (Fsp3) is 0.667. The molecule has 0 unspecified atom stereocenters. The summed E-state index contributed by atoms with van der Waals surface area (Å²) in [4.78, 5) is 10.4. The van der Waals surface area contributed by atoms with E-state index in [1.54, 1.807) is 13.0 Å². The van der Waals surface area contributed by atoms with E-state index >= 15 is 0 Å². The fourth-order valence-electron chi connectivity index (χ4n) is 0.578. The van der Waals surface area contributed by atoms with Crippen molar-refractivity contribution in [3.05, 3.63) is 12.2 Å². The molecule has 0 spiro atoms. The molecule has 0 fully saturated rings. The maximum absolute atomic E-state index is 10.4. The predicted octanol–water partition coefficient (Wildman–Crippen LogP) is 2.57. The van der Waals surface area contributed by atoms with Gasteiger partial charge in [0.2, 0.25) is 0 Å². The number of rotatable bonds is 2. The summed E-state index contributed by atoms with van der Waals surface area (Å²) in [6.07, 6.45) is 4.53. The van der Waals surface area contributed by atoms with E-state index in [0.29, 0.717) is 5.41 Å². The summed E-state index contributed by atoms with van der Waals surface area (Å²) < 4.78 is 0. The standard InChI is InChI=1S/C9H16O/c1-8(10)6-5-7-9(2,3)4/h5-6H,7H2,1-4H3. The highest BCUT2D eigenvalue weighted by Crippen LogP contribution is 2.18. The molecule has 0 atom stereocenters. The summed E-state index contributed by atoms with van der Waals surface area (Å²) in [5.41, 5.74) is 0.298. The van der Waals surface area contributed by atoms with Crippen molar-refractivity contribution >= 4 is 5.78 Å². The third-order valence-corrected chi connectivity index (χ3v) is 1.08. The van der Waals surface area contributed by atoms with Gasteiger partial charge in [-0.1, -0.05) is 26.8 Å². The van der Waals surface area contributed by atoms with Crippen LogP contribution in [0.25, 0.3) is 0 Å². The van der Waals surface area contributed by atoms with Gasteiger partial charge in [-0.3, -0.25) is 4.79 Å². The summed E-state index contributed by atoms with van der Waals surface area (Å²) in [7, 11) is 0. The molecule has 0 saturated carbocycles. The highest BCUT2D eigenvalue weighted by Gasteiger charge is 2.06. The maximum Gasteiger partial charge on any atom is 0.152 e. The first-order valence-corrected chi connectivity index (χ1v) is 3.59. The molecule has 0 saturated heterocycles. The molecule has 0 rings (SSSR count). The Morgan fingerprint density at radius 1 is 1.40 bits per heavy atom. The molecule has 0 aliphatic carbocycles. The molecule has 0 amide bonds. The fourth-order valence-corrected chi connectivity index (χ4v) is 0.578. The quantitative estimate of drug-likeness (QED) is 0.539. The number of ketones is 1. The zero-order valence-electron chi connectivity index (χ0n) is 7.27. The first kappa shape index (κ1) is 9.41. The lowest BCUT2D eigenvalue weighted by Gasteiger charge is -2.13. The summed E-state index contributed by atoms with van der Waals surface area (Å²) in [5, 5.41) is 0. The van der Waals surface area contributed by atoms with E-state index in [0.717, 1.165) is 6.42 Å². The Morgan fingerprint density at radius 2 is 1.90 bits per heavy atom. The molecule has 0 heterocycles. The van der Waals surface area contributed by atoms with E-state index in [1.807, 2.05) is 6.08 Å². The smallest absolute Gasteiger partial charge is 0.152 e. The van der Waals surface area contributed by atoms with Gasteiger partial charge in [-0.15, -0.1) is 0 Å². The second kappa shape index (κ2) is 3.55. The van der Waals surface area contributed by atoms with E-state index in [4.69, 9.17) is 0 Å². The van der Waals surface area contributed by atoms with E-state index in [-0.39, 0.29) is 5.78 Å². The van der Waals surface area contributed by atoms with Crippen molar-refractivity contribution in [2.24, 2.45) is 5.41 Å². The van der Waals surface area contributed by atoms with Gasteiger partial charge in [0.15, 0.2) is 5.78 Å². The average molecular weight is 140 g/mol. The lowest BCUT2D eigenvalue weighted by atomic mass is 9.92. The van der Waals surface area contributed by atoms with Crippen molar-refractivity contribution < 1.29 is 4.79 Å². The summed E-state index contributed by atoms with van der Waals surface area (Å²) >= 11 is 0. The van der Waals surface area contributed by atoms with Crippen LogP contribution in [0.5, 0.6) is 0 Å². The van der Waals surface area contributed by atoms with Crippen molar-refractivity contribution in [1.29, 1.82) is 0 Å². The molecule has 0 aliphatic rings. The molecule has 0 N–H and O–H groups in total. The highest BCUT2D eigenvalue weighted by atomic mass is 16.1. The summed E-state index contributed by atoms with van der Waals surface area (Å²) in [5.74, 6) is 0.129. The summed E-state index contributed by atoms with van der Waals surface area (Å²) in [6.45, 7) is 8.02. The van der Waals surface area contributed by atoms with Crippen LogP contribution in [0.1, 0.15) is 34.1 Å². The minimum Gasteiger partial charge on any atom is -0.295 e. The Balaban J connectivity index is 3.64. The van der Waals surface area contributed by atoms with Crippen LogP contribution in [0, 0.1) is 5.41 Å². The third kappa shape index (κ3) is 7.41. The van der Waals surface area contributed by atoms with E-state index in [2.05, 4.69) is 20.8 Å². The molecule has 1 nitrogen and oxygen atoms in total. The molecular weight excluding hydrogens is 124 g/mol. The van der Waals surface area contributed by atoms with Gasteiger partial charge in [-0.05, 0) is 24.8 Å². The van der Waals surface area contributed by atoms with Gasteiger partial charge in [0.1, 0.15) is 0 Å². The zero-order chi connectivity index (χ0) is 8.20. The lowest BCUT2D eigenvalue weighted by molar-refractivity contribution is -0.112. The van der Waals surface area contributed by atoms with Gasteiger partial charge >= 0.3 is 0 Å². The van der Waals surface area contributed by atoms with Crippen molar-refractivity contribution in [2.75, 3.05) is 0 Å². The first-order valence-electron chi connectivity index (χ1n) is 3.59. The Morgan fingerprint density at radius 3 is 2.20 bits per heavy atom. The number of hydrogen-bond donors (Lipinski definition) is 0. The van der Waals surface area contributed by atoms with Gasteiger partial charge in [-0.25, -0.2) is 0 Å². The minimum atomic E-state index is 0.129. The Labute approximate surface area is 63.1 Å². The second-order valence-electron chi connectivity index (χ2n) is 3.78. The van der Waals surface area contributed by atoms with Crippen molar-refractivity contribution in [3.8, 4) is 0 Å². The largest absolute Gasteiger partial charge is 0.295 e. The molecule has 58 valence electrons. The molecular formula is C9H16O. The van der Waals surface area contributed by atoms with E-state index < -0.39 is 0 Å². The molecule has 1 heteroatoms. The molecule has 0 radical (unpaired) electrons. The van der Waals surface area contributed by atoms with Gasteiger partial charge in [0, 0.05) is 0 Å². The lowest BCUT2D eigenvalue weighted by Crippen LogP contribution is -2.02. The predicted molar refractivity (Wildman–Crippen MR) is 43.9 cm³/mol. The number of carbonyl (C=O) groups is 1. The topological polar surface area (TPSA) is 17.1 Å². The Hall–Kier alpha value is -0.590. The molecule has 0 aromatic rings. The van der Waals surface area contributed by atoms with Crippen LogP contribution in [0.4, 0.5) is 0 Å². The van der Waals surface area contributed by atoms with Crippen molar-refractivity contribution in [3.63, 3.8) is 0 Å². The highest BCUT2D eigenvalue weighted by molar-refractivity contribution is 5.87. The van der Waals surface area contributed by atoms with E-state index in [1.165, 1.54) is 0 Å². The van der Waals surface area contributed by atoms with Gasteiger partial charge in [0.25, 0.3) is 0 Å². The molecule has 10 heavy (non-hydrogen) atoms. The molecule has 0 aliphatic heterocycles. The Bertz CT molecular complexity index is 137. The maximum atomic E-state index is 10.4. The Kier molecular flexibility index (Phi) is 3.34. The van der Waals surface area contributed by atoms with E-state index in [9.17, 15) is 4.79 Å². The van der Waals surface area contributed by atoms with Crippen LogP contribution in [0.2, 0.25) is 0 Å². The summed E-state index contributed by atoms with van der Waals surface area (Å²) in [6, 6.07) is 0. The SMILES string of the molecule is CC(=O)C=CCC(C)(C)C. The minimum absolute atomic E-state index is 0.129.